The Morgan fingerprint density at radius 1 is 1.11 bits per heavy atom. The molecule has 0 aliphatic heterocycles. The van der Waals surface area contributed by atoms with E-state index in [1.807, 2.05) is 30.3 Å². The minimum Gasteiger partial charge on any atom is -0.315 e. The second-order valence-electron chi connectivity index (χ2n) is 4.98. The molecule has 0 aromatic heterocycles. The molecule has 98 valence electrons. The highest BCUT2D eigenvalue weighted by molar-refractivity contribution is 5.89. The third-order valence-corrected chi connectivity index (χ3v) is 2.53. The lowest BCUT2D eigenvalue weighted by molar-refractivity contribution is 0.255. The van der Waals surface area contributed by atoms with Crippen LogP contribution in [0.4, 0.5) is 10.5 Å². The molecule has 0 heterocycles. The monoisotopic (exact) mass is 246 g/mol. The molecule has 1 aromatic carbocycles. The molecule has 1 aromatic rings. The summed E-state index contributed by atoms with van der Waals surface area (Å²) in [4.78, 5) is 11.5. The largest absolute Gasteiger partial charge is 0.323 e. The maximum Gasteiger partial charge on any atom is 0.323 e. The number of hydrogen-bond acceptors (Lipinski definition) is 1. The molecule has 18 heavy (non-hydrogen) atoms. The van der Waals surface area contributed by atoms with Crippen LogP contribution in [0.15, 0.2) is 36.5 Å². The zero-order valence-electron chi connectivity index (χ0n) is 11.5. The second-order valence-corrected chi connectivity index (χ2v) is 4.98. The molecular formula is C15H22N2O. The number of allylic oxidation sites excluding steroid dienone is 1. The third-order valence-electron chi connectivity index (χ3n) is 2.53. The predicted molar refractivity (Wildman–Crippen MR) is 76.7 cm³/mol. The van der Waals surface area contributed by atoms with Gasteiger partial charge < -0.3 is 10.6 Å². The van der Waals surface area contributed by atoms with Crippen molar-refractivity contribution in [3.8, 4) is 0 Å². The maximum absolute atomic E-state index is 11.5. The highest BCUT2D eigenvalue weighted by atomic mass is 16.2. The smallest absolute Gasteiger partial charge is 0.315 e. The molecule has 2 N–H and O–H groups in total. The first-order valence-corrected chi connectivity index (χ1v) is 6.33. The first-order chi connectivity index (χ1) is 8.49. The molecule has 0 atom stereocenters. The number of amides is 2. The lowest BCUT2D eigenvalue weighted by Gasteiger charge is -2.08. The standard InChI is InChI=1S/C15H22N2O/c1-11(2)9-10-16-15(18)17-14-7-5-13(6-8-14)12(3)4/h5-12H,1-4H3,(H2,16,17,18)/b10-9+. The van der Waals surface area contributed by atoms with Crippen molar-refractivity contribution < 1.29 is 4.79 Å². The fourth-order valence-corrected chi connectivity index (χ4v) is 1.43. The number of hydrogen-bond donors (Lipinski definition) is 2. The number of carbonyl (C=O) groups is 1. The van der Waals surface area contributed by atoms with Gasteiger partial charge in [0.05, 0.1) is 0 Å². The van der Waals surface area contributed by atoms with Crippen molar-refractivity contribution in [1.29, 1.82) is 0 Å². The Bertz CT molecular complexity index is 405. The van der Waals surface area contributed by atoms with Gasteiger partial charge in [0.25, 0.3) is 0 Å². The van der Waals surface area contributed by atoms with E-state index >= 15 is 0 Å². The number of carbonyl (C=O) groups excluding carboxylic acids is 1. The number of nitrogens with one attached hydrogen (secondary N) is 2. The van der Waals surface area contributed by atoms with Crippen molar-refractivity contribution in [1.82, 2.24) is 5.32 Å². The lowest BCUT2D eigenvalue weighted by atomic mass is 10.0. The van der Waals surface area contributed by atoms with E-state index in [-0.39, 0.29) is 6.03 Å². The van der Waals surface area contributed by atoms with Crippen LogP contribution in [0.1, 0.15) is 39.2 Å². The van der Waals surface area contributed by atoms with Gasteiger partial charge >= 0.3 is 6.03 Å². The van der Waals surface area contributed by atoms with Crippen LogP contribution < -0.4 is 10.6 Å². The first kappa shape index (κ1) is 14.3. The summed E-state index contributed by atoms with van der Waals surface area (Å²) >= 11 is 0. The molecule has 0 unspecified atom stereocenters. The summed E-state index contributed by atoms with van der Waals surface area (Å²) in [5, 5.41) is 5.45. The Balaban J connectivity index is 2.49. The van der Waals surface area contributed by atoms with Crippen molar-refractivity contribution in [3.63, 3.8) is 0 Å². The highest BCUT2D eigenvalue weighted by Crippen LogP contribution is 2.16. The Morgan fingerprint density at radius 2 is 1.72 bits per heavy atom. The summed E-state index contributed by atoms with van der Waals surface area (Å²) in [5.41, 5.74) is 2.07. The van der Waals surface area contributed by atoms with Crippen molar-refractivity contribution in [2.24, 2.45) is 5.92 Å². The number of anilines is 1. The van der Waals surface area contributed by atoms with Gasteiger partial charge in [-0.05, 0) is 29.5 Å². The summed E-state index contributed by atoms with van der Waals surface area (Å²) < 4.78 is 0. The molecule has 0 spiro atoms. The van der Waals surface area contributed by atoms with Gasteiger partial charge in [0.1, 0.15) is 0 Å². The van der Waals surface area contributed by atoms with Crippen molar-refractivity contribution in [2.75, 3.05) is 5.32 Å². The SMILES string of the molecule is CC(C)/C=C/NC(=O)Nc1ccc(C(C)C)cc1. The number of rotatable bonds is 4. The van der Waals surface area contributed by atoms with Crippen LogP contribution in [0.2, 0.25) is 0 Å². The van der Waals surface area contributed by atoms with Crippen LogP contribution in [0.5, 0.6) is 0 Å². The molecular weight excluding hydrogens is 224 g/mol. The summed E-state index contributed by atoms with van der Waals surface area (Å²) in [7, 11) is 0. The minimum atomic E-state index is -0.218. The van der Waals surface area contributed by atoms with Crippen molar-refractivity contribution in [2.45, 2.75) is 33.6 Å². The Kier molecular flexibility index (Phi) is 5.43. The van der Waals surface area contributed by atoms with Gasteiger partial charge in [-0.2, -0.15) is 0 Å². The minimum absolute atomic E-state index is 0.218. The van der Waals surface area contributed by atoms with Gasteiger partial charge in [-0.15, -0.1) is 0 Å². The topological polar surface area (TPSA) is 41.1 Å². The molecule has 0 radical (unpaired) electrons. The van der Waals surface area contributed by atoms with Crippen LogP contribution in [0.25, 0.3) is 0 Å². The summed E-state index contributed by atoms with van der Waals surface area (Å²) in [6.45, 7) is 8.40. The molecule has 0 fully saturated rings. The molecule has 3 heteroatoms. The summed E-state index contributed by atoms with van der Waals surface area (Å²) in [6, 6.07) is 7.68. The lowest BCUT2D eigenvalue weighted by Crippen LogP contribution is -2.23. The third kappa shape index (κ3) is 5.04. The van der Waals surface area contributed by atoms with Gasteiger partial charge in [0.15, 0.2) is 0 Å². The summed E-state index contributed by atoms with van der Waals surface area (Å²) in [6.07, 6.45) is 3.60. The zero-order valence-corrected chi connectivity index (χ0v) is 11.5. The molecule has 0 aliphatic rings. The Morgan fingerprint density at radius 3 is 2.22 bits per heavy atom. The van der Waals surface area contributed by atoms with Gasteiger partial charge in [-0.1, -0.05) is 45.9 Å². The number of benzene rings is 1. The van der Waals surface area contributed by atoms with Crippen LogP contribution in [-0.2, 0) is 0 Å². The predicted octanol–water partition coefficient (Wildman–Crippen LogP) is 4.10. The fraction of sp³-hybridized carbons (Fsp3) is 0.400. The molecule has 0 saturated carbocycles. The van der Waals surface area contributed by atoms with E-state index in [2.05, 4.69) is 38.3 Å². The van der Waals surface area contributed by atoms with Crippen molar-refractivity contribution in [3.05, 3.63) is 42.1 Å². The van der Waals surface area contributed by atoms with Gasteiger partial charge in [-0.3, -0.25) is 0 Å². The van der Waals surface area contributed by atoms with E-state index in [1.54, 1.807) is 6.20 Å². The van der Waals surface area contributed by atoms with E-state index < -0.39 is 0 Å². The van der Waals surface area contributed by atoms with Gasteiger partial charge in [0.2, 0.25) is 0 Å². The fourth-order valence-electron chi connectivity index (χ4n) is 1.43. The Labute approximate surface area is 109 Å². The van der Waals surface area contributed by atoms with E-state index in [0.29, 0.717) is 11.8 Å². The molecule has 0 bridgehead atoms. The van der Waals surface area contributed by atoms with Crippen LogP contribution in [-0.4, -0.2) is 6.03 Å². The van der Waals surface area contributed by atoms with Gasteiger partial charge in [-0.25, -0.2) is 4.79 Å². The van der Waals surface area contributed by atoms with E-state index in [0.717, 1.165) is 5.69 Å². The van der Waals surface area contributed by atoms with Crippen molar-refractivity contribution >= 4 is 11.7 Å². The highest BCUT2D eigenvalue weighted by Gasteiger charge is 2.01. The maximum atomic E-state index is 11.5. The van der Waals surface area contributed by atoms with Crippen LogP contribution in [0, 0.1) is 5.92 Å². The van der Waals surface area contributed by atoms with Crippen LogP contribution in [0.3, 0.4) is 0 Å². The normalized spacial score (nSPS) is 11.2. The second kappa shape index (κ2) is 6.84. The molecule has 1 rings (SSSR count). The van der Waals surface area contributed by atoms with Crippen LogP contribution >= 0.6 is 0 Å². The molecule has 0 aliphatic carbocycles. The van der Waals surface area contributed by atoms with E-state index in [4.69, 9.17) is 0 Å². The quantitative estimate of drug-likeness (QED) is 0.825. The number of urea groups is 1. The molecule has 0 saturated heterocycles. The zero-order chi connectivity index (χ0) is 13.5. The molecule has 2 amide bonds. The summed E-state index contributed by atoms with van der Waals surface area (Å²) in [5.74, 6) is 0.928. The molecule has 3 nitrogen and oxygen atoms in total. The average molecular weight is 246 g/mol. The van der Waals surface area contributed by atoms with E-state index in [1.165, 1.54) is 5.56 Å². The first-order valence-electron chi connectivity index (χ1n) is 6.33. The average Bonchev–Trinajstić information content (AvgIpc) is 2.29. The van der Waals surface area contributed by atoms with Gasteiger partial charge in [0, 0.05) is 11.9 Å². The Hall–Kier alpha value is -1.77. The van der Waals surface area contributed by atoms with E-state index in [9.17, 15) is 4.79 Å².